The van der Waals surface area contributed by atoms with E-state index in [4.69, 9.17) is 58.9 Å². The van der Waals surface area contributed by atoms with Gasteiger partial charge in [-0.3, -0.25) is 25.2 Å². The SMILES string of the molecule is COc1nc(C)nc(NC(=O)NS(=O)(=O)c2ccccc2OCCCl)n1.CS(=O)(=O)NC(=O)c1cc(Oc2ccc(C(F)(F)F)cc2Cl)ccc1[N+](=O)[O-].O=C(O)COc1ccc(Cl)c2cccnc12. The van der Waals surface area contributed by atoms with Gasteiger partial charge in [-0.25, -0.2) is 35.9 Å². The Kier molecular flexibility index (Phi) is 19.2. The molecule has 70 heavy (non-hydrogen) atoms. The minimum Gasteiger partial charge on any atom is -0.491 e. The van der Waals surface area contributed by atoms with Gasteiger partial charge in [0.15, 0.2) is 6.61 Å². The van der Waals surface area contributed by atoms with Crippen molar-refractivity contribution >= 4 is 95.3 Å². The van der Waals surface area contributed by atoms with Crippen LogP contribution in [0.3, 0.4) is 0 Å². The van der Waals surface area contributed by atoms with Crippen LogP contribution in [0.4, 0.5) is 29.6 Å². The standard InChI is InChI=1S/C15H10ClF3N2O6S.C14H16ClN5O5S.C11H8ClNO3/c1-28(25,26)20-14(22)10-7-9(3-4-12(10)21(23)24)27-13-5-2-8(6-11(13)16)15(17,18)19;1-9-16-12(19-14(17-9)24-2)18-13(21)20-26(22,23)11-6-4-3-5-10(11)25-8-7-15;12-8-3-4-9(16-6-10(14)15)11-7(8)2-1-5-13-11/h2-7H,1H3,(H,20,22);3-6H,7-8H2,1-2H3,(H2,16,17,18,19,20,21);1-5H,6H2,(H,14,15). The first-order chi connectivity index (χ1) is 32.8. The number of rotatable bonds is 15. The molecule has 6 rings (SSSR count). The molecular formula is C40H34Cl3F3N8O14S2. The van der Waals surface area contributed by atoms with E-state index in [0.29, 0.717) is 34.7 Å². The lowest BCUT2D eigenvalue weighted by atomic mass is 10.1. The molecule has 0 bridgehead atoms. The van der Waals surface area contributed by atoms with Crippen LogP contribution in [0.15, 0.2) is 96.0 Å². The number of sulfonamides is 2. The molecule has 0 aliphatic rings. The second kappa shape index (κ2) is 24.3. The van der Waals surface area contributed by atoms with Crippen LogP contribution >= 0.6 is 34.8 Å². The second-order valence-corrected chi connectivity index (χ2v) is 17.8. The van der Waals surface area contributed by atoms with Gasteiger partial charge in [-0.15, -0.1) is 11.6 Å². The van der Waals surface area contributed by atoms with Crippen LogP contribution in [0.1, 0.15) is 21.7 Å². The summed E-state index contributed by atoms with van der Waals surface area (Å²) >= 11 is 17.3. The van der Waals surface area contributed by atoms with Crippen LogP contribution in [-0.4, -0.2) is 97.2 Å². The highest BCUT2D eigenvalue weighted by Gasteiger charge is 2.31. The average molecular weight is 1080 g/mol. The molecule has 0 radical (unpaired) electrons. The van der Waals surface area contributed by atoms with Crippen molar-refractivity contribution in [3.8, 4) is 29.0 Å². The topological polar surface area (TPSA) is 307 Å². The number of nitro groups is 1. The summed E-state index contributed by atoms with van der Waals surface area (Å²) in [6, 6.07) is 16.7. The number of halogens is 6. The third-order valence-corrected chi connectivity index (χ3v) is 10.7. The molecule has 6 aromatic rings. The number of carboxylic acids is 1. The molecule has 0 saturated heterocycles. The molecule has 0 spiro atoms. The number of carbonyl (C=O) groups excluding carboxylic acids is 2. The summed E-state index contributed by atoms with van der Waals surface area (Å²) in [6.45, 7) is 1.28. The fourth-order valence-electron chi connectivity index (χ4n) is 5.25. The van der Waals surface area contributed by atoms with E-state index in [1.54, 1.807) is 48.2 Å². The molecule has 0 saturated carbocycles. The lowest BCUT2D eigenvalue weighted by Crippen LogP contribution is -2.35. The van der Waals surface area contributed by atoms with Crippen LogP contribution in [0.5, 0.6) is 29.0 Å². The van der Waals surface area contributed by atoms with E-state index in [9.17, 15) is 54.5 Å². The quantitative estimate of drug-likeness (QED) is 0.0442. The summed E-state index contributed by atoms with van der Waals surface area (Å²) in [4.78, 5) is 60.0. The van der Waals surface area contributed by atoms with Gasteiger partial charge in [0, 0.05) is 23.7 Å². The van der Waals surface area contributed by atoms with Crippen molar-refractivity contribution in [3.05, 3.63) is 128 Å². The molecule has 0 fully saturated rings. The number of ether oxygens (including phenoxy) is 4. The number of carbonyl (C=O) groups is 3. The van der Waals surface area contributed by atoms with Gasteiger partial charge in [0.1, 0.15) is 51.4 Å². The fraction of sp³-hybridized carbons (Fsp3) is 0.175. The van der Waals surface area contributed by atoms with E-state index in [1.165, 1.54) is 25.3 Å². The number of nitro benzene ring substituents is 1. The minimum atomic E-state index is -4.62. The van der Waals surface area contributed by atoms with E-state index < -0.39 is 77.5 Å². The van der Waals surface area contributed by atoms with Crippen molar-refractivity contribution in [1.82, 2.24) is 29.4 Å². The Bertz CT molecular complexity index is 3140. The number of methoxy groups -OCH3 is 1. The number of hydrogen-bond acceptors (Lipinski definition) is 17. The van der Waals surface area contributed by atoms with Gasteiger partial charge >= 0.3 is 24.2 Å². The maximum absolute atomic E-state index is 12.7. The maximum Gasteiger partial charge on any atom is 0.416 e. The van der Waals surface area contributed by atoms with E-state index >= 15 is 0 Å². The normalized spacial score (nSPS) is 11.1. The Labute approximate surface area is 409 Å². The van der Waals surface area contributed by atoms with Gasteiger partial charge in [-0.1, -0.05) is 35.3 Å². The summed E-state index contributed by atoms with van der Waals surface area (Å²) in [6.07, 6.45) is -2.34. The first-order valence-corrected chi connectivity index (χ1v) is 23.6. The molecule has 0 aliphatic heterocycles. The predicted molar refractivity (Wildman–Crippen MR) is 245 cm³/mol. The number of para-hydroxylation sites is 1. The summed E-state index contributed by atoms with van der Waals surface area (Å²) in [5, 5.41) is 22.7. The first-order valence-electron chi connectivity index (χ1n) is 18.9. The van der Waals surface area contributed by atoms with E-state index in [-0.39, 0.29) is 52.4 Å². The molecule has 372 valence electrons. The Hall–Kier alpha value is -7.33. The molecule has 0 atom stereocenters. The zero-order valence-electron chi connectivity index (χ0n) is 35.9. The Morgan fingerprint density at radius 2 is 1.56 bits per heavy atom. The zero-order chi connectivity index (χ0) is 52.0. The van der Waals surface area contributed by atoms with Crippen LogP contribution in [0, 0.1) is 17.0 Å². The van der Waals surface area contributed by atoms with Gasteiger partial charge < -0.3 is 24.1 Å². The van der Waals surface area contributed by atoms with Crippen LogP contribution in [-0.2, 0) is 31.0 Å². The van der Waals surface area contributed by atoms with E-state index in [1.807, 2.05) is 4.72 Å². The number of aliphatic carboxylic acids is 1. The third-order valence-electron chi connectivity index (χ3n) is 8.04. The molecule has 2 heterocycles. The number of urea groups is 1. The van der Waals surface area contributed by atoms with E-state index in [2.05, 4.69) is 25.3 Å². The van der Waals surface area contributed by atoms with Crippen molar-refractivity contribution in [2.24, 2.45) is 0 Å². The van der Waals surface area contributed by atoms with E-state index in [0.717, 1.165) is 29.7 Å². The highest BCUT2D eigenvalue weighted by atomic mass is 35.5. The highest BCUT2D eigenvalue weighted by molar-refractivity contribution is 7.90. The van der Waals surface area contributed by atoms with Crippen molar-refractivity contribution in [1.29, 1.82) is 0 Å². The predicted octanol–water partition coefficient (Wildman–Crippen LogP) is 7.42. The summed E-state index contributed by atoms with van der Waals surface area (Å²) < 4.78 is 109. The Morgan fingerprint density at radius 1 is 0.857 bits per heavy atom. The fourth-order valence-corrected chi connectivity index (χ4v) is 7.26. The summed E-state index contributed by atoms with van der Waals surface area (Å²) in [5.41, 5.74) is -1.78. The van der Waals surface area contributed by atoms with Gasteiger partial charge in [0.25, 0.3) is 21.6 Å². The van der Waals surface area contributed by atoms with Crippen molar-refractivity contribution in [3.63, 3.8) is 0 Å². The molecule has 30 heteroatoms. The number of fused-ring (bicyclic) bond motifs is 1. The smallest absolute Gasteiger partial charge is 0.416 e. The van der Waals surface area contributed by atoms with Crippen molar-refractivity contribution in [2.75, 3.05) is 37.8 Å². The van der Waals surface area contributed by atoms with Crippen LogP contribution in [0.2, 0.25) is 10.0 Å². The lowest BCUT2D eigenvalue weighted by molar-refractivity contribution is -0.385. The monoisotopic (exact) mass is 1080 g/mol. The number of aromatic nitrogens is 4. The summed E-state index contributed by atoms with van der Waals surface area (Å²) in [7, 11) is -6.85. The molecule has 4 aromatic carbocycles. The molecule has 4 N–H and O–H groups in total. The van der Waals surface area contributed by atoms with Crippen molar-refractivity contribution in [2.45, 2.75) is 18.0 Å². The molecule has 0 unspecified atom stereocenters. The molecule has 2 aromatic heterocycles. The number of nitrogens with one attached hydrogen (secondary N) is 3. The number of carboxylic acid groups (broad SMARTS) is 1. The van der Waals surface area contributed by atoms with Crippen molar-refractivity contribution < 1.29 is 73.4 Å². The van der Waals surface area contributed by atoms with Gasteiger partial charge in [0.05, 0.1) is 39.8 Å². The number of hydrogen-bond donors (Lipinski definition) is 4. The number of alkyl halides is 4. The maximum atomic E-state index is 12.7. The van der Waals surface area contributed by atoms with Gasteiger partial charge in [-0.05, 0) is 67.6 Å². The molecule has 22 nitrogen and oxygen atoms in total. The second-order valence-electron chi connectivity index (χ2n) is 13.2. The van der Waals surface area contributed by atoms with Gasteiger partial charge in [0.2, 0.25) is 16.0 Å². The average Bonchev–Trinajstić information content (AvgIpc) is 3.28. The number of nitrogens with zero attached hydrogens (tertiary/aromatic N) is 5. The number of pyridine rings is 1. The highest BCUT2D eigenvalue weighted by Crippen LogP contribution is 2.37. The van der Waals surface area contributed by atoms with Crippen LogP contribution < -0.4 is 33.7 Å². The number of amides is 3. The number of benzene rings is 4. The Balaban J connectivity index is 0.000000236. The molecular weight excluding hydrogens is 1040 g/mol. The molecule has 0 aliphatic carbocycles. The minimum absolute atomic E-state index is 0.0181. The third kappa shape index (κ3) is 16.4. The molecule has 3 amide bonds. The largest absolute Gasteiger partial charge is 0.491 e. The Morgan fingerprint density at radius 3 is 2.19 bits per heavy atom. The summed E-state index contributed by atoms with van der Waals surface area (Å²) in [5.74, 6) is -1.90. The van der Waals surface area contributed by atoms with Crippen LogP contribution in [0.25, 0.3) is 10.9 Å². The number of aryl methyl sites for hydroxylation is 1. The first kappa shape index (κ1) is 55.3. The lowest BCUT2D eigenvalue weighted by Gasteiger charge is -2.12. The number of anilines is 1. The van der Waals surface area contributed by atoms with Gasteiger partial charge in [-0.2, -0.15) is 28.1 Å². The zero-order valence-corrected chi connectivity index (χ0v) is 39.8.